The number of anilines is 1. The number of benzene rings is 2. The summed E-state index contributed by atoms with van der Waals surface area (Å²) in [6.45, 7) is 0. The molecular weight excluding hydrogens is 404 g/mol. The van der Waals surface area contributed by atoms with Gasteiger partial charge in [0.05, 0.1) is 0 Å². The third-order valence-electron chi connectivity index (χ3n) is 4.89. The van der Waals surface area contributed by atoms with E-state index < -0.39 is 0 Å². The van der Waals surface area contributed by atoms with E-state index in [0.717, 1.165) is 16.3 Å². The molecule has 0 aliphatic carbocycles. The Hall–Kier alpha value is -4.26. The highest BCUT2D eigenvalue weighted by Gasteiger charge is 2.08. The van der Waals surface area contributed by atoms with Gasteiger partial charge in [-0.2, -0.15) is 0 Å². The Balaban J connectivity index is 1.31. The van der Waals surface area contributed by atoms with Gasteiger partial charge in [0, 0.05) is 37.3 Å². The third kappa shape index (κ3) is 5.26. The minimum atomic E-state index is -0.275. The Labute approximate surface area is 185 Å². The molecular formula is C25H22N4O3. The predicted octanol–water partition coefficient (Wildman–Crippen LogP) is 4.35. The van der Waals surface area contributed by atoms with Crippen molar-refractivity contribution in [2.75, 3.05) is 12.4 Å². The zero-order valence-corrected chi connectivity index (χ0v) is 17.5. The first-order chi connectivity index (χ1) is 15.6. The number of aryl methyl sites for hydroxylation is 1. The van der Waals surface area contributed by atoms with Gasteiger partial charge in [-0.1, -0.05) is 36.4 Å². The number of aromatic nitrogens is 2. The second-order valence-electron chi connectivity index (χ2n) is 7.17. The van der Waals surface area contributed by atoms with Crippen LogP contribution in [0.4, 0.5) is 5.82 Å². The number of amides is 2. The lowest BCUT2D eigenvalue weighted by atomic mass is 10.1. The average molecular weight is 426 g/mol. The van der Waals surface area contributed by atoms with E-state index in [1.54, 1.807) is 25.4 Å². The SMILES string of the molecule is CNC(=O)c1cc(Oc2ccc(CCC(=O)Nc3cc4ccccc4cn3)cc2)ccn1. The smallest absolute Gasteiger partial charge is 0.269 e. The predicted molar refractivity (Wildman–Crippen MR) is 123 cm³/mol. The summed E-state index contributed by atoms with van der Waals surface area (Å²) in [6.07, 6.45) is 4.21. The third-order valence-corrected chi connectivity index (χ3v) is 4.89. The van der Waals surface area contributed by atoms with Crippen molar-refractivity contribution >= 4 is 28.4 Å². The summed E-state index contributed by atoms with van der Waals surface area (Å²) < 4.78 is 5.80. The summed E-state index contributed by atoms with van der Waals surface area (Å²) in [5.74, 6) is 1.33. The van der Waals surface area contributed by atoms with Crippen molar-refractivity contribution in [2.45, 2.75) is 12.8 Å². The minimum Gasteiger partial charge on any atom is -0.457 e. The van der Waals surface area contributed by atoms with Crippen molar-refractivity contribution in [2.24, 2.45) is 0 Å². The lowest BCUT2D eigenvalue weighted by Crippen LogP contribution is -2.18. The summed E-state index contributed by atoms with van der Waals surface area (Å²) in [7, 11) is 1.55. The topological polar surface area (TPSA) is 93.2 Å². The molecule has 0 saturated carbocycles. The molecule has 160 valence electrons. The highest BCUT2D eigenvalue weighted by molar-refractivity contribution is 5.93. The summed E-state index contributed by atoms with van der Waals surface area (Å²) in [5.41, 5.74) is 1.30. The summed E-state index contributed by atoms with van der Waals surface area (Å²) >= 11 is 0. The van der Waals surface area contributed by atoms with Crippen molar-refractivity contribution in [1.29, 1.82) is 0 Å². The largest absolute Gasteiger partial charge is 0.457 e. The number of carbonyl (C=O) groups is 2. The van der Waals surface area contributed by atoms with Crippen molar-refractivity contribution in [3.63, 3.8) is 0 Å². The molecule has 2 aromatic carbocycles. The zero-order chi connectivity index (χ0) is 22.3. The molecule has 0 saturated heterocycles. The van der Waals surface area contributed by atoms with Crippen LogP contribution in [0.25, 0.3) is 10.8 Å². The maximum Gasteiger partial charge on any atom is 0.269 e. The fraction of sp³-hybridized carbons (Fsp3) is 0.120. The Morgan fingerprint density at radius 1 is 0.906 bits per heavy atom. The van der Waals surface area contributed by atoms with Crippen LogP contribution in [0, 0.1) is 0 Å². The molecule has 0 fully saturated rings. The van der Waals surface area contributed by atoms with Crippen LogP contribution in [0.5, 0.6) is 11.5 Å². The Morgan fingerprint density at radius 2 is 1.69 bits per heavy atom. The number of rotatable bonds is 7. The first-order valence-corrected chi connectivity index (χ1v) is 10.2. The first-order valence-electron chi connectivity index (χ1n) is 10.2. The molecule has 4 aromatic rings. The molecule has 2 amide bonds. The Kier molecular flexibility index (Phi) is 6.36. The van der Waals surface area contributed by atoms with Gasteiger partial charge in [-0.05, 0) is 41.6 Å². The number of hydrogen-bond donors (Lipinski definition) is 2. The van der Waals surface area contributed by atoms with E-state index >= 15 is 0 Å². The molecule has 0 spiro atoms. The van der Waals surface area contributed by atoms with Crippen molar-refractivity contribution in [3.05, 3.63) is 90.4 Å². The number of hydrogen-bond acceptors (Lipinski definition) is 5. The summed E-state index contributed by atoms with van der Waals surface area (Å²) in [5, 5.41) is 7.45. The molecule has 0 aliphatic rings. The normalized spacial score (nSPS) is 10.5. The number of fused-ring (bicyclic) bond motifs is 1. The van der Waals surface area contributed by atoms with E-state index in [2.05, 4.69) is 20.6 Å². The highest BCUT2D eigenvalue weighted by Crippen LogP contribution is 2.22. The van der Waals surface area contributed by atoms with E-state index in [1.807, 2.05) is 54.6 Å². The molecule has 4 rings (SSSR count). The van der Waals surface area contributed by atoms with Gasteiger partial charge < -0.3 is 15.4 Å². The van der Waals surface area contributed by atoms with Gasteiger partial charge in [0.2, 0.25) is 5.91 Å². The second-order valence-corrected chi connectivity index (χ2v) is 7.17. The molecule has 32 heavy (non-hydrogen) atoms. The quantitative estimate of drug-likeness (QED) is 0.458. The lowest BCUT2D eigenvalue weighted by molar-refractivity contribution is -0.116. The van der Waals surface area contributed by atoms with E-state index in [0.29, 0.717) is 30.2 Å². The van der Waals surface area contributed by atoms with E-state index in [1.165, 1.54) is 6.20 Å². The van der Waals surface area contributed by atoms with Gasteiger partial charge in [-0.15, -0.1) is 0 Å². The minimum absolute atomic E-state index is 0.0911. The number of nitrogens with zero attached hydrogens (tertiary/aromatic N) is 2. The number of ether oxygens (including phenoxy) is 1. The van der Waals surface area contributed by atoms with Gasteiger partial charge >= 0.3 is 0 Å². The van der Waals surface area contributed by atoms with Gasteiger partial charge in [-0.3, -0.25) is 14.6 Å². The zero-order valence-electron chi connectivity index (χ0n) is 17.5. The molecule has 0 unspecified atom stereocenters. The Morgan fingerprint density at radius 3 is 2.47 bits per heavy atom. The highest BCUT2D eigenvalue weighted by atomic mass is 16.5. The molecule has 0 atom stereocenters. The molecule has 7 nitrogen and oxygen atoms in total. The summed E-state index contributed by atoms with van der Waals surface area (Å²) in [6, 6.07) is 20.5. The second kappa shape index (κ2) is 9.70. The van der Waals surface area contributed by atoms with Crippen LogP contribution in [0.2, 0.25) is 0 Å². The van der Waals surface area contributed by atoms with Crippen LogP contribution < -0.4 is 15.4 Å². The van der Waals surface area contributed by atoms with Crippen molar-refractivity contribution < 1.29 is 14.3 Å². The van der Waals surface area contributed by atoms with Crippen molar-refractivity contribution in [3.8, 4) is 11.5 Å². The first kappa shape index (κ1) is 21.0. The Bertz CT molecular complexity index is 1260. The van der Waals surface area contributed by atoms with Gasteiger partial charge in [0.15, 0.2) is 0 Å². The monoisotopic (exact) mass is 426 g/mol. The van der Waals surface area contributed by atoms with E-state index in [9.17, 15) is 9.59 Å². The van der Waals surface area contributed by atoms with Crippen LogP contribution in [0.3, 0.4) is 0 Å². The van der Waals surface area contributed by atoms with Gasteiger partial charge in [0.25, 0.3) is 5.91 Å². The van der Waals surface area contributed by atoms with E-state index in [4.69, 9.17) is 4.74 Å². The number of nitrogens with one attached hydrogen (secondary N) is 2. The standard InChI is InChI=1S/C25H22N4O3/c1-26-25(31)22-15-21(12-13-27-22)32-20-9-6-17(7-10-20)8-11-24(30)29-23-14-18-4-2-3-5-19(18)16-28-23/h2-7,9-10,12-16H,8,11H2,1H3,(H,26,31)(H,28,29,30). The molecule has 2 N–H and O–H groups in total. The van der Waals surface area contributed by atoms with Crippen LogP contribution in [0.15, 0.2) is 79.1 Å². The maximum atomic E-state index is 12.3. The fourth-order valence-corrected chi connectivity index (χ4v) is 3.20. The van der Waals surface area contributed by atoms with Crippen LogP contribution in [-0.4, -0.2) is 28.8 Å². The number of pyridine rings is 2. The van der Waals surface area contributed by atoms with Crippen LogP contribution in [-0.2, 0) is 11.2 Å². The molecule has 7 heteroatoms. The van der Waals surface area contributed by atoms with Crippen molar-refractivity contribution in [1.82, 2.24) is 15.3 Å². The molecule has 0 radical (unpaired) electrons. The van der Waals surface area contributed by atoms with Gasteiger partial charge in [-0.25, -0.2) is 4.98 Å². The van der Waals surface area contributed by atoms with Crippen LogP contribution >= 0.6 is 0 Å². The molecule has 0 aliphatic heterocycles. The molecule has 2 aromatic heterocycles. The fourth-order valence-electron chi connectivity index (χ4n) is 3.20. The average Bonchev–Trinajstić information content (AvgIpc) is 2.83. The van der Waals surface area contributed by atoms with Crippen LogP contribution in [0.1, 0.15) is 22.5 Å². The maximum absolute atomic E-state index is 12.3. The number of carbonyl (C=O) groups excluding carboxylic acids is 2. The summed E-state index contributed by atoms with van der Waals surface area (Å²) in [4.78, 5) is 32.3. The lowest BCUT2D eigenvalue weighted by Gasteiger charge is -2.08. The van der Waals surface area contributed by atoms with Gasteiger partial charge in [0.1, 0.15) is 23.0 Å². The van der Waals surface area contributed by atoms with E-state index in [-0.39, 0.29) is 17.5 Å². The molecule has 2 heterocycles. The molecule has 0 bridgehead atoms.